The first-order valence-electron chi connectivity index (χ1n) is 6.94. The number of aryl methyl sites for hydroxylation is 3. The minimum absolute atomic E-state index is 0.0894. The normalized spacial score (nSPS) is 13.8. The van der Waals surface area contributed by atoms with E-state index in [9.17, 15) is 9.90 Å². The summed E-state index contributed by atoms with van der Waals surface area (Å²) in [7, 11) is 0. The van der Waals surface area contributed by atoms with Gasteiger partial charge in [0.15, 0.2) is 0 Å². The van der Waals surface area contributed by atoms with Gasteiger partial charge in [-0.2, -0.15) is 0 Å². The zero-order chi connectivity index (χ0) is 15.6. The minimum atomic E-state index is -1.23. The molecule has 2 rings (SSSR count). The number of carbonyl (C=O) groups is 1. The van der Waals surface area contributed by atoms with Gasteiger partial charge < -0.3 is 14.8 Å². The smallest absolute Gasteiger partial charge is 0.251 e. The summed E-state index contributed by atoms with van der Waals surface area (Å²) in [5.74, 6) is 0.975. The first kappa shape index (κ1) is 15.3. The molecule has 2 aromatic rings. The van der Waals surface area contributed by atoms with E-state index in [0.29, 0.717) is 11.3 Å². The van der Waals surface area contributed by atoms with Crippen LogP contribution in [0.4, 0.5) is 0 Å². The van der Waals surface area contributed by atoms with Crippen molar-refractivity contribution in [1.82, 2.24) is 5.32 Å². The Morgan fingerprint density at radius 2 is 1.95 bits per heavy atom. The Morgan fingerprint density at radius 3 is 2.52 bits per heavy atom. The number of rotatable bonds is 4. The Balaban J connectivity index is 2.06. The van der Waals surface area contributed by atoms with Gasteiger partial charge in [-0.3, -0.25) is 4.79 Å². The van der Waals surface area contributed by atoms with E-state index in [1.807, 2.05) is 32.9 Å². The molecule has 1 heterocycles. The van der Waals surface area contributed by atoms with Crippen LogP contribution in [0, 0.1) is 20.8 Å². The number of carbonyl (C=O) groups excluding carboxylic acids is 1. The lowest BCUT2D eigenvalue weighted by molar-refractivity contribution is 0.0323. The van der Waals surface area contributed by atoms with Crippen molar-refractivity contribution in [3.63, 3.8) is 0 Å². The highest BCUT2D eigenvalue weighted by Gasteiger charge is 2.27. The predicted molar refractivity (Wildman–Crippen MR) is 81.3 cm³/mol. The van der Waals surface area contributed by atoms with E-state index in [4.69, 9.17) is 4.42 Å². The van der Waals surface area contributed by atoms with Crippen LogP contribution in [-0.4, -0.2) is 17.6 Å². The Labute approximate surface area is 124 Å². The molecule has 0 radical (unpaired) electrons. The van der Waals surface area contributed by atoms with Crippen LogP contribution in [0.25, 0.3) is 0 Å². The molecule has 0 saturated heterocycles. The number of nitrogens with one attached hydrogen (secondary N) is 1. The molecule has 4 heteroatoms. The van der Waals surface area contributed by atoms with Crippen molar-refractivity contribution in [2.24, 2.45) is 0 Å². The van der Waals surface area contributed by atoms with Crippen molar-refractivity contribution in [3.05, 3.63) is 58.5 Å². The molecule has 1 unspecified atom stereocenters. The zero-order valence-electron chi connectivity index (χ0n) is 12.9. The summed E-state index contributed by atoms with van der Waals surface area (Å²) in [6.07, 6.45) is 0. The van der Waals surface area contributed by atoms with Crippen LogP contribution in [0.2, 0.25) is 0 Å². The van der Waals surface area contributed by atoms with E-state index < -0.39 is 5.60 Å². The third-order valence-corrected chi connectivity index (χ3v) is 3.49. The number of benzene rings is 1. The number of hydrogen-bond acceptors (Lipinski definition) is 3. The fourth-order valence-corrected chi connectivity index (χ4v) is 2.23. The molecule has 0 fully saturated rings. The summed E-state index contributed by atoms with van der Waals surface area (Å²) < 4.78 is 5.42. The standard InChI is InChI=1S/C17H21NO3/c1-11-5-7-14(12(2)9-11)16(19)18-10-17(4,20)15-8-6-13(3)21-15/h5-9,20H,10H2,1-4H3,(H,18,19). The third-order valence-electron chi connectivity index (χ3n) is 3.49. The van der Waals surface area contributed by atoms with Crippen molar-refractivity contribution in [3.8, 4) is 0 Å². The topological polar surface area (TPSA) is 62.5 Å². The summed E-state index contributed by atoms with van der Waals surface area (Å²) in [6.45, 7) is 7.40. The van der Waals surface area contributed by atoms with Crippen molar-refractivity contribution in [2.45, 2.75) is 33.3 Å². The molecule has 1 atom stereocenters. The maximum absolute atomic E-state index is 12.2. The fraction of sp³-hybridized carbons (Fsp3) is 0.353. The molecule has 0 spiro atoms. The first-order valence-corrected chi connectivity index (χ1v) is 6.94. The lowest BCUT2D eigenvalue weighted by Crippen LogP contribution is -2.38. The zero-order valence-corrected chi connectivity index (χ0v) is 12.9. The van der Waals surface area contributed by atoms with Crippen LogP contribution in [0.1, 0.15) is 39.9 Å². The largest absolute Gasteiger partial charge is 0.463 e. The van der Waals surface area contributed by atoms with E-state index in [1.54, 1.807) is 25.1 Å². The van der Waals surface area contributed by atoms with Crippen molar-refractivity contribution in [2.75, 3.05) is 6.54 Å². The quantitative estimate of drug-likeness (QED) is 0.909. The summed E-state index contributed by atoms with van der Waals surface area (Å²) >= 11 is 0. The van der Waals surface area contributed by atoms with Gasteiger partial charge in [-0.05, 0) is 51.5 Å². The van der Waals surface area contributed by atoms with Crippen LogP contribution in [-0.2, 0) is 5.60 Å². The molecular weight excluding hydrogens is 266 g/mol. The first-order chi connectivity index (χ1) is 9.79. The van der Waals surface area contributed by atoms with Gasteiger partial charge in [-0.15, -0.1) is 0 Å². The van der Waals surface area contributed by atoms with E-state index in [2.05, 4.69) is 5.32 Å². The van der Waals surface area contributed by atoms with Gasteiger partial charge in [0.25, 0.3) is 5.91 Å². The molecule has 1 aromatic heterocycles. The van der Waals surface area contributed by atoms with E-state index in [1.165, 1.54) is 0 Å². The van der Waals surface area contributed by atoms with Crippen LogP contribution in [0.5, 0.6) is 0 Å². The molecule has 1 amide bonds. The Kier molecular flexibility index (Phi) is 4.19. The third kappa shape index (κ3) is 3.52. The number of aliphatic hydroxyl groups is 1. The number of furan rings is 1. The van der Waals surface area contributed by atoms with Gasteiger partial charge in [0.2, 0.25) is 0 Å². The molecular formula is C17H21NO3. The van der Waals surface area contributed by atoms with Crippen LogP contribution < -0.4 is 5.32 Å². The summed E-state index contributed by atoms with van der Waals surface area (Å²) in [4.78, 5) is 12.2. The number of hydrogen-bond donors (Lipinski definition) is 2. The number of amides is 1. The molecule has 1 aromatic carbocycles. The summed E-state index contributed by atoms with van der Waals surface area (Å²) in [5.41, 5.74) is 1.41. The molecule has 0 bridgehead atoms. The maximum Gasteiger partial charge on any atom is 0.251 e. The minimum Gasteiger partial charge on any atom is -0.463 e. The van der Waals surface area contributed by atoms with Crippen LogP contribution >= 0.6 is 0 Å². The van der Waals surface area contributed by atoms with E-state index >= 15 is 0 Å². The second kappa shape index (κ2) is 5.74. The monoisotopic (exact) mass is 287 g/mol. The van der Waals surface area contributed by atoms with Gasteiger partial charge in [0.1, 0.15) is 17.1 Å². The Bertz CT molecular complexity index is 656. The van der Waals surface area contributed by atoms with Crippen molar-refractivity contribution >= 4 is 5.91 Å². The van der Waals surface area contributed by atoms with Gasteiger partial charge in [0, 0.05) is 5.56 Å². The summed E-state index contributed by atoms with van der Waals surface area (Å²) in [5, 5.41) is 13.2. The highest BCUT2D eigenvalue weighted by atomic mass is 16.4. The SMILES string of the molecule is Cc1ccc(C(=O)NCC(C)(O)c2ccc(C)o2)c(C)c1. The van der Waals surface area contributed by atoms with Gasteiger partial charge in [-0.1, -0.05) is 17.7 Å². The Hall–Kier alpha value is -2.07. The van der Waals surface area contributed by atoms with Crippen molar-refractivity contribution in [1.29, 1.82) is 0 Å². The van der Waals surface area contributed by atoms with Crippen LogP contribution in [0.15, 0.2) is 34.7 Å². The molecule has 21 heavy (non-hydrogen) atoms. The summed E-state index contributed by atoms with van der Waals surface area (Å²) in [6, 6.07) is 9.17. The second-order valence-corrected chi connectivity index (χ2v) is 5.69. The molecule has 2 N–H and O–H groups in total. The van der Waals surface area contributed by atoms with Gasteiger partial charge >= 0.3 is 0 Å². The lowest BCUT2D eigenvalue weighted by atomic mass is 10.0. The molecule has 0 aliphatic heterocycles. The van der Waals surface area contributed by atoms with E-state index in [0.717, 1.165) is 16.9 Å². The molecule has 0 aliphatic carbocycles. The fourth-order valence-electron chi connectivity index (χ4n) is 2.23. The maximum atomic E-state index is 12.2. The van der Waals surface area contributed by atoms with Gasteiger partial charge in [0.05, 0.1) is 6.54 Å². The van der Waals surface area contributed by atoms with Gasteiger partial charge in [-0.25, -0.2) is 0 Å². The molecule has 4 nitrogen and oxygen atoms in total. The average Bonchev–Trinajstić information content (AvgIpc) is 2.84. The highest BCUT2D eigenvalue weighted by Crippen LogP contribution is 2.22. The molecule has 0 saturated carbocycles. The van der Waals surface area contributed by atoms with Crippen molar-refractivity contribution < 1.29 is 14.3 Å². The second-order valence-electron chi connectivity index (χ2n) is 5.69. The Morgan fingerprint density at radius 1 is 1.24 bits per heavy atom. The molecule has 0 aliphatic rings. The van der Waals surface area contributed by atoms with E-state index in [-0.39, 0.29) is 12.5 Å². The molecule has 112 valence electrons. The average molecular weight is 287 g/mol. The highest BCUT2D eigenvalue weighted by molar-refractivity contribution is 5.95. The van der Waals surface area contributed by atoms with Crippen LogP contribution in [0.3, 0.4) is 0 Å². The lowest BCUT2D eigenvalue weighted by Gasteiger charge is -2.21. The predicted octanol–water partition coefficient (Wildman–Crippen LogP) is 2.84.